The highest BCUT2D eigenvalue weighted by molar-refractivity contribution is 5.62. The minimum Gasteiger partial charge on any atom is -0.297 e. The third-order valence-electron chi connectivity index (χ3n) is 1.63. The predicted molar refractivity (Wildman–Crippen MR) is 31.7 cm³/mol. The van der Waals surface area contributed by atoms with Crippen LogP contribution in [0.25, 0.3) is 0 Å². The van der Waals surface area contributed by atoms with Crippen LogP contribution in [0.1, 0.15) is 13.8 Å². The normalized spacial score (nSPS) is 39.7. The molecular formula is C6H11N. The summed E-state index contributed by atoms with van der Waals surface area (Å²) in [5, 5.41) is 0. The minimum atomic E-state index is 0.722. The summed E-state index contributed by atoms with van der Waals surface area (Å²) in [7, 11) is 0. The first-order valence-corrected chi connectivity index (χ1v) is 2.80. The van der Waals surface area contributed by atoms with E-state index >= 15 is 0 Å². The highest BCUT2D eigenvalue weighted by atomic mass is 14.8. The smallest absolute Gasteiger partial charge is 0.0417 e. The molecule has 1 aliphatic heterocycles. The van der Waals surface area contributed by atoms with Gasteiger partial charge in [0.25, 0.3) is 0 Å². The molecule has 1 heteroatoms. The van der Waals surface area contributed by atoms with Gasteiger partial charge in [0.1, 0.15) is 0 Å². The van der Waals surface area contributed by atoms with E-state index in [9.17, 15) is 0 Å². The van der Waals surface area contributed by atoms with Crippen molar-refractivity contribution in [3.05, 3.63) is 0 Å². The van der Waals surface area contributed by atoms with Crippen molar-refractivity contribution in [2.75, 3.05) is 6.54 Å². The molecule has 40 valence electrons. The Morgan fingerprint density at radius 2 is 2.29 bits per heavy atom. The second-order valence-corrected chi connectivity index (χ2v) is 2.35. The van der Waals surface area contributed by atoms with E-state index in [1.165, 1.54) is 0 Å². The van der Waals surface area contributed by atoms with E-state index in [-0.39, 0.29) is 0 Å². The lowest BCUT2D eigenvalue weighted by Gasteiger charge is -2.02. The molecule has 0 amide bonds. The Kier molecular flexibility index (Phi) is 1.13. The summed E-state index contributed by atoms with van der Waals surface area (Å²) in [5.41, 5.74) is 0. The maximum atomic E-state index is 4.12. The summed E-state index contributed by atoms with van der Waals surface area (Å²) in [6.45, 7) is 5.49. The number of rotatable bonds is 0. The van der Waals surface area contributed by atoms with Crippen molar-refractivity contribution in [1.82, 2.24) is 0 Å². The van der Waals surface area contributed by atoms with E-state index < -0.39 is 0 Å². The lowest BCUT2D eigenvalue weighted by Crippen LogP contribution is -2.03. The molecule has 1 aliphatic rings. The van der Waals surface area contributed by atoms with E-state index in [2.05, 4.69) is 18.8 Å². The van der Waals surface area contributed by atoms with Gasteiger partial charge in [-0.2, -0.15) is 0 Å². The first-order chi connectivity index (χ1) is 3.30. The van der Waals surface area contributed by atoms with Gasteiger partial charge in [-0.1, -0.05) is 13.8 Å². The van der Waals surface area contributed by atoms with Gasteiger partial charge < -0.3 is 0 Å². The molecule has 0 aromatic rings. The molecule has 7 heavy (non-hydrogen) atoms. The molecule has 0 saturated carbocycles. The third-order valence-corrected chi connectivity index (χ3v) is 1.63. The van der Waals surface area contributed by atoms with Crippen LogP contribution in [-0.4, -0.2) is 12.8 Å². The Morgan fingerprint density at radius 1 is 1.57 bits per heavy atom. The maximum Gasteiger partial charge on any atom is 0.0417 e. The summed E-state index contributed by atoms with van der Waals surface area (Å²) < 4.78 is 0. The molecule has 0 aromatic heterocycles. The van der Waals surface area contributed by atoms with Gasteiger partial charge >= 0.3 is 0 Å². The van der Waals surface area contributed by atoms with Gasteiger partial charge in [0.05, 0.1) is 0 Å². The molecule has 0 fully saturated rings. The maximum absolute atomic E-state index is 4.12. The average Bonchev–Trinajstić information content (AvgIpc) is 1.91. The van der Waals surface area contributed by atoms with Crippen molar-refractivity contribution in [2.45, 2.75) is 13.8 Å². The van der Waals surface area contributed by atoms with E-state index in [0.29, 0.717) is 0 Å². The van der Waals surface area contributed by atoms with Crippen molar-refractivity contribution >= 4 is 6.21 Å². The van der Waals surface area contributed by atoms with Crippen molar-refractivity contribution in [3.8, 4) is 0 Å². The molecule has 0 spiro atoms. The van der Waals surface area contributed by atoms with Crippen LogP contribution in [0, 0.1) is 11.8 Å². The minimum absolute atomic E-state index is 0.722. The summed E-state index contributed by atoms with van der Waals surface area (Å²) >= 11 is 0. The average molecular weight is 97.2 g/mol. The van der Waals surface area contributed by atoms with E-state index in [1.54, 1.807) is 0 Å². The largest absolute Gasteiger partial charge is 0.297 e. The van der Waals surface area contributed by atoms with Gasteiger partial charge in [-0.3, -0.25) is 4.99 Å². The van der Waals surface area contributed by atoms with Crippen molar-refractivity contribution in [1.29, 1.82) is 0 Å². The quantitative estimate of drug-likeness (QED) is 0.432. The van der Waals surface area contributed by atoms with Crippen LogP contribution in [0.15, 0.2) is 4.99 Å². The Labute approximate surface area is 44.5 Å². The third kappa shape index (κ3) is 0.817. The zero-order valence-electron chi connectivity index (χ0n) is 4.89. The first kappa shape index (κ1) is 4.82. The fourth-order valence-corrected chi connectivity index (χ4v) is 0.707. The van der Waals surface area contributed by atoms with E-state index in [4.69, 9.17) is 0 Å². The van der Waals surface area contributed by atoms with E-state index in [1.807, 2.05) is 6.21 Å². The first-order valence-electron chi connectivity index (χ1n) is 2.80. The molecule has 0 radical (unpaired) electrons. The van der Waals surface area contributed by atoms with Gasteiger partial charge in [0.15, 0.2) is 0 Å². The number of nitrogens with zero attached hydrogens (tertiary/aromatic N) is 1. The van der Waals surface area contributed by atoms with Crippen LogP contribution < -0.4 is 0 Å². The van der Waals surface area contributed by atoms with Crippen LogP contribution in [0.2, 0.25) is 0 Å². The molecule has 2 atom stereocenters. The molecule has 0 bridgehead atoms. The molecular weight excluding hydrogens is 86.1 g/mol. The van der Waals surface area contributed by atoms with Gasteiger partial charge in [0.2, 0.25) is 0 Å². The van der Waals surface area contributed by atoms with Crippen LogP contribution in [-0.2, 0) is 0 Å². The van der Waals surface area contributed by atoms with Gasteiger partial charge in [-0.15, -0.1) is 0 Å². The lowest BCUT2D eigenvalue weighted by atomic mass is 10.0. The number of hydrogen-bond acceptors (Lipinski definition) is 1. The molecule has 2 unspecified atom stereocenters. The van der Waals surface area contributed by atoms with Crippen molar-refractivity contribution in [2.24, 2.45) is 16.8 Å². The standard InChI is InChI=1S/C6H11N/c1-5-3-7-4-6(5)2/h3,5-6H,4H2,1-2H3. The highest BCUT2D eigenvalue weighted by Crippen LogP contribution is 2.13. The zero-order chi connectivity index (χ0) is 5.28. The number of hydrogen-bond donors (Lipinski definition) is 0. The molecule has 1 rings (SSSR count). The summed E-state index contributed by atoms with van der Waals surface area (Å²) in [6.07, 6.45) is 2.05. The van der Waals surface area contributed by atoms with E-state index in [0.717, 1.165) is 18.4 Å². The fourth-order valence-electron chi connectivity index (χ4n) is 0.707. The van der Waals surface area contributed by atoms with Crippen molar-refractivity contribution in [3.63, 3.8) is 0 Å². The molecule has 1 heterocycles. The van der Waals surface area contributed by atoms with Gasteiger partial charge in [-0.05, 0) is 11.8 Å². The monoisotopic (exact) mass is 97.1 g/mol. The van der Waals surface area contributed by atoms with Crippen LogP contribution in [0.5, 0.6) is 0 Å². The Hall–Kier alpha value is -0.330. The Balaban J connectivity index is 2.45. The summed E-state index contributed by atoms with van der Waals surface area (Å²) in [6, 6.07) is 0. The van der Waals surface area contributed by atoms with Crippen LogP contribution in [0.4, 0.5) is 0 Å². The Bertz CT molecular complexity index is 86.2. The van der Waals surface area contributed by atoms with Crippen molar-refractivity contribution < 1.29 is 0 Å². The van der Waals surface area contributed by atoms with Crippen LogP contribution >= 0.6 is 0 Å². The lowest BCUT2D eigenvalue weighted by molar-refractivity contribution is 0.538. The van der Waals surface area contributed by atoms with Gasteiger partial charge in [0, 0.05) is 12.8 Å². The predicted octanol–water partition coefficient (Wildman–Crippen LogP) is 1.34. The highest BCUT2D eigenvalue weighted by Gasteiger charge is 2.12. The number of aliphatic imine (C=N–C) groups is 1. The summed E-state index contributed by atoms with van der Waals surface area (Å²) in [5.74, 6) is 1.51. The Morgan fingerprint density at radius 3 is 2.43 bits per heavy atom. The SMILES string of the molecule is CC1C=NCC1C. The molecule has 0 saturated heterocycles. The summed E-state index contributed by atoms with van der Waals surface area (Å²) in [4.78, 5) is 4.12. The topological polar surface area (TPSA) is 12.4 Å². The second kappa shape index (κ2) is 1.65. The zero-order valence-corrected chi connectivity index (χ0v) is 4.89. The molecule has 0 N–H and O–H groups in total. The van der Waals surface area contributed by atoms with Crippen LogP contribution in [0.3, 0.4) is 0 Å². The molecule has 0 aliphatic carbocycles. The molecule has 0 aromatic carbocycles. The second-order valence-electron chi connectivity index (χ2n) is 2.35. The fraction of sp³-hybridized carbons (Fsp3) is 0.833. The molecule has 1 nitrogen and oxygen atoms in total. The van der Waals surface area contributed by atoms with Gasteiger partial charge in [-0.25, -0.2) is 0 Å².